The van der Waals surface area contributed by atoms with Crippen molar-refractivity contribution < 1.29 is 13.9 Å². The van der Waals surface area contributed by atoms with Crippen molar-refractivity contribution in [2.45, 2.75) is 26.4 Å². The Labute approximate surface area is 166 Å². The molecule has 3 aromatic rings. The summed E-state index contributed by atoms with van der Waals surface area (Å²) in [4.78, 5) is 18.7. The van der Waals surface area contributed by atoms with Crippen LogP contribution in [0.5, 0.6) is 0 Å². The third kappa shape index (κ3) is 4.27. The molecule has 0 atom stereocenters. The number of hydrogen-bond donors (Lipinski definition) is 0. The van der Waals surface area contributed by atoms with Gasteiger partial charge in [-0.25, -0.2) is 14.2 Å². The lowest BCUT2D eigenvalue weighted by molar-refractivity contribution is 0.0589. The first-order valence-corrected chi connectivity index (χ1v) is 9.27. The number of nitrogens with zero attached hydrogens (tertiary/aromatic N) is 2. The molecule has 0 unspecified atom stereocenters. The molecule has 140 valence electrons. The molecule has 0 spiro atoms. The van der Waals surface area contributed by atoms with E-state index in [4.69, 9.17) is 9.72 Å². The second kappa shape index (κ2) is 7.27. The molecule has 0 N–H and O–H groups in total. The summed E-state index contributed by atoms with van der Waals surface area (Å²) in [6, 6.07) is 13.7. The summed E-state index contributed by atoms with van der Waals surface area (Å²) in [5.41, 5.74) is 1.73. The number of para-hydroxylation sites is 1. The van der Waals surface area contributed by atoms with Gasteiger partial charge in [-0.3, -0.25) is 4.90 Å². The number of pyridine rings is 1. The van der Waals surface area contributed by atoms with Crippen LogP contribution in [-0.4, -0.2) is 23.7 Å². The molecule has 0 saturated carbocycles. The first kappa shape index (κ1) is 19.3. The van der Waals surface area contributed by atoms with Gasteiger partial charge in [0.05, 0.1) is 16.9 Å². The molecule has 0 bridgehead atoms. The average Bonchev–Trinajstić information content (AvgIpc) is 2.59. The Kier molecular flexibility index (Phi) is 5.20. The van der Waals surface area contributed by atoms with Crippen molar-refractivity contribution in [3.63, 3.8) is 0 Å². The zero-order chi connectivity index (χ0) is 19.8. The number of carbonyl (C=O) groups excluding carboxylic acids is 1. The maximum atomic E-state index is 13.8. The minimum Gasteiger partial charge on any atom is -0.443 e. The highest BCUT2D eigenvalue weighted by Crippen LogP contribution is 2.35. The number of halogens is 2. The van der Waals surface area contributed by atoms with Gasteiger partial charge in [-0.05, 0) is 61.0 Å². The van der Waals surface area contributed by atoms with E-state index in [9.17, 15) is 9.18 Å². The van der Waals surface area contributed by atoms with Gasteiger partial charge in [-0.2, -0.15) is 0 Å². The van der Waals surface area contributed by atoms with Gasteiger partial charge in [-0.1, -0.05) is 24.3 Å². The number of fused-ring (bicyclic) bond motifs is 1. The van der Waals surface area contributed by atoms with Crippen molar-refractivity contribution in [2.24, 2.45) is 0 Å². The predicted molar refractivity (Wildman–Crippen MR) is 109 cm³/mol. The van der Waals surface area contributed by atoms with E-state index in [0.29, 0.717) is 16.9 Å². The highest BCUT2D eigenvalue weighted by atomic mass is 79.9. The Morgan fingerprint density at radius 3 is 2.52 bits per heavy atom. The Hall–Kier alpha value is -2.47. The Morgan fingerprint density at radius 2 is 1.85 bits per heavy atom. The lowest BCUT2D eigenvalue weighted by atomic mass is 10.1. The van der Waals surface area contributed by atoms with Gasteiger partial charge in [0.1, 0.15) is 11.4 Å². The summed E-state index contributed by atoms with van der Waals surface area (Å²) >= 11 is 3.51. The summed E-state index contributed by atoms with van der Waals surface area (Å²) in [5, 5.41) is 0.856. The molecule has 1 amide bonds. The first-order valence-electron chi connectivity index (χ1n) is 8.47. The molecule has 3 rings (SSSR count). The van der Waals surface area contributed by atoms with Crippen molar-refractivity contribution in [1.29, 1.82) is 0 Å². The van der Waals surface area contributed by atoms with Crippen LogP contribution < -0.4 is 4.90 Å². The van der Waals surface area contributed by atoms with Gasteiger partial charge < -0.3 is 4.74 Å². The van der Waals surface area contributed by atoms with Crippen molar-refractivity contribution >= 4 is 38.6 Å². The smallest absolute Gasteiger partial charge is 0.414 e. The molecule has 4 nitrogen and oxygen atoms in total. The van der Waals surface area contributed by atoms with Crippen LogP contribution >= 0.6 is 15.9 Å². The normalized spacial score (nSPS) is 11.5. The number of benzene rings is 2. The van der Waals surface area contributed by atoms with Crippen LogP contribution in [0.1, 0.15) is 20.8 Å². The molecule has 0 radical (unpaired) electrons. The van der Waals surface area contributed by atoms with E-state index in [1.807, 2.05) is 45.0 Å². The number of rotatable bonds is 2. The van der Waals surface area contributed by atoms with E-state index in [2.05, 4.69) is 15.9 Å². The fourth-order valence-corrected chi connectivity index (χ4v) is 3.15. The van der Waals surface area contributed by atoms with Crippen molar-refractivity contribution in [1.82, 2.24) is 4.98 Å². The molecule has 1 heterocycles. The number of anilines is 1. The minimum atomic E-state index is -0.627. The van der Waals surface area contributed by atoms with Crippen LogP contribution in [0, 0.1) is 5.82 Å². The molecule has 27 heavy (non-hydrogen) atoms. The van der Waals surface area contributed by atoms with Gasteiger partial charge in [0.15, 0.2) is 0 Å². The van der Waals surface area contributed by atoms with E-state index in [1.54, 1.807) is 19.2 Å². The Balaban J connectivity index is 2.20. The average molecular weight is 431 g/mol. The third-order valence-electron chi connectivity index (χ3n) is 3.90. The maximum Gasteiger partial charge on any atom is 0.414 e. The molecule has 0 aliphatic carbocycles. The van der Waals surface area contributed by atoms with E-state index in [1.165, 1.54) is 17.0 Å². The summed E-state index contributed by atoms with van der Waals surface area (Å²) in [6.45, 7) is 5.42. The van der Waals surface area contributed by atoms with E-state index >= 15 is 0 Å². The van der Waals surface area contributed by atoms with Crippen molar-refractivity contribution in [3.8, 4) is 11.3 Å². The number of aromatic nitrogens is 1. The molecule has 0 aliphatic heterocycles. The largest absolute Gasteiger partial charge is 0.443 e. The fraction of sp³-hybridized carbons (Fsp3) is 0.238. The van der Waals surface area contributed by atoms with Crippen LogP contribution in [0.15, 0.2) is 53.0 Å². The molecule has 0 saturated heterocycles. The predicted octanol–water partition coefficient (Wildman–Crippen LogP) is 6.17. The number of hydrogen-bond acceptors (Lipinski definition) is 3. The first-order chi connectivity index (χ1) is 12.7. The summed E-state index contributed by atoms with van der Waals surface area (Å²) in [6.07, 6.45) is -0.503. The Morgan fingerprint density at radius 1 is 1.15 bits per heavy atom. The second-order valence-electron chi connectivity index (χ2n) is 7.22. The highest BCUT2D eigenvalue weighted by molar-refractivity contribution is 9.10. The van der Waals surface area contributed by atoms with Gasteiger partial charge in [-0.15, -0.1) is 0 Å². The topological polar surface area (TPSA) is 42.4 Å². The lowest BCUT2D eigenvalue weighted by Crippen LogP contribution is -2.34. The highest BCUT2D eigenvalue weighted by Gasteiger charge is 2.24. The quantitative estimate of drug-likeness (QED) is 0.487. The molecular weight excluding hydrogens is 411 g/mol. The monoisotopic (exact) mass is 430 g/mol. The van der Waals surface area contributed by atoms with Crippen LogP contribution in [0.4, 0.5) is 14.9 Å². The van der Waals surface area contributed by atoms with Crippen molar-refractivity contribution in [2.75, 3.05) is 11.9 Å². The maximum absolute atomic E-state index is 13.8. The molecular formula is C21H20BrFN2O2. The number of carbonyl (C=O) groups is 1. The number of ether oxygens (including phenoxy) is 1. The van der Waals surface area contributed by atoms with E-state index in [-0.39, 0.29) is 5.82 Å². The van der Waals surface area contributed by atoms with Gasteiger partial charge >= 0.3 is 6.09 Å². The number of amides is 1. The SMILES string of the molecule is CN(C(=O)OC(C)(C)C)c1cc2cccc(Br)c2nc1-c1cccc(F)c1. The molecule has 1 aromatic heterocycles. The van der Waals surface area contributed by atoms with Gasteiger partial charge in [0, 0.05) is 22.5 Å². The molecule has 0 aliphatic rings. The standard InChI is InChI=1S/C21H20BrFN2O2/c1-21(2,3)27-20(26)25(4)17-12-14-8-6-10-16(22)18(14)24-19(17)13-7-5-9-15(23)11-13/h5-12H,1-4H3. The zero-order valence-electron chi connectivity index (χ0n) is 15.6. The zero-order valence-corrected chi connectivity index (χ0v) is 17.2. The van der Waals surface area contributed by atoms with Crippen LogP contribution in [0.2, 0.25) is 0 Å². The molecule has 2 aromatic carbocycles. The van der Waals surface area contributed by atoms with Crippen LogP contribution in [0.25, 0.3) is 22.2 Å². The van der Waals surface area contributed by atoms with Crippen LogP contribution in [-0.2, 0) is 4.74 Å². The van der Waals surface area contributed by atoms with E-state index in [0.717, 1.165) is 15.4 Å². The van der Waals surface area contributed by atoms with E-state index < -0.39 is 11.7 Å². The summed E-state index contributed by atoms with van der Waals surface area (Å²) in [5.74, 6) is -0.368. The third-order valence-corrected chi connectivity index (χ3v) is 4.54. The van der Waals surface area contributed by atoms with Crippen molar-refractivity contribution in [3.05, 3.63) is 58.8 Å². The fourth-order valence-electron chi connectivity index (χ4n) is 2.68. The van der Waals surface area contributed by atoms with Gasteiger partial charge in [0.25, 0.3) is 0 Å². The minimum absolute atomic E-state index is 0.368. The van der Waals surface area contributed by atoms with Gasteiger partial charge in [0.2, 0.25) is 0 Å². The summed E-state index contributed by atoms with van der Waals surface area (Å²) in [7, 11) is 1.62. The summed E-state index contributed by atoms with van der Waals surface area (Å²) < 4.78 is 20.1. The Bertz CT molecular complexity index is 1010. The lowest BCUT2D eigenvalue weighted by Gasteiger charge is -2.26. The molecule has 0 fully saturated rings. The second-order valence-corrected chi connectivity index (χ2v) is 8.07. The van der Waals surface area contributed by atoms with Crippen LogP contribution in [0.3, 0.4) is 0 Å². The molecule has 6 heteroatoms.